The summed E-state index contributed by atoms with van der Waals surface area (Å²) in [5, 5.41) is 14.3. The number of aliphatic imine (C=N–C) groups is 1. The lowest BCUT2D eigenvalue weighted by Gasteiger charge is -2.27. The molecule has 1 aliphatic rings. The van der Waals surface area contributed by atoms with E-state index in [-0.39, 0.29) is 89.7 Å². The van der Waals surface area contributed by atoms with Gasteiger partial charge in [0.05, 0.1) is 12.4 Å². The van der Waals surface area contributed by atoms with E-state index in [0.29, 0.717) is 24.1 Å². The molecular formula is C64H90N12O10. The van der Waals surface area contributed by atoms with Crippen molar-refractivity contribution in [2.75, 3.05) is 13.1 Å². The first-order valence-corrected chi connectivity index (χ1v) is 30.1. The summed E-state index contributed by atoms with van der Waals surface area (Å²) in [6, 6.07) is 11.1. The number of ketones is 4. The Balaban J connectivity index is 0.00000145. The van der Waals surface area contributed by atoms with Crippen molar-refractivity contribution < 1.29 is 47.9 Å². The smallest absolute Gasteiger partial charge is 0.243 e. The van der Waals surface area contributed by atoms with E-state index >= 15 is 0 Å². The number of para-hydroxylation sites is 1. The standard InChI is InChI=1S/C54H72N12O10.C10H18/c1-3-4-15-42(63-32(2)67)51(74)64-43-19-17-39(68)18-20-49(72)61-29-37(47(70)25-35(50(55)73)23-36-28-60-41-16-9-8-14-40(36)41)26-46(69)34(13-10-21-59-54(56)57)24-48(71)44(22-33-11-6-5-7-12-33)65-53(76)45(66-52(43)75)27-38-30-58-31-62-38;1-3-5-7-9-10-8-6-4-2/h5-9,11-12,14,16,28,30-31,34-35,37,42-45,60H,3-4,10,13,15,17-27,29H2,1-2H3,(H2,55,73)(H,58,62)(H,61,72)(H,63,67)(H,64,74)(H,65,76)(H,66,75)(H4,56,57,59);5-8H,3-4,9-10H2,1-2H3/t34-,35-,37+,42+,43+,44-,45+;/m1./s1. The van der Waals surface area contributed by atoms with Crippen molar-refractivity contribution in [3.8, 4) is 0 Å². The molecule has 0 saturated carbocycles. The maximum Gasteiger partial charge on any atom is 0.243 e. The summed E-state index contributed by atoms with van der Waals surface area (Å²) in [6.07, 6.45) is 17.4. The van der Waals surface area contributed by atoms with Crippen LogP contribution < -0.4 is 43.8 Å². The molecule has 22 nitrogen and oxygen atoms in total. The number of guanidine groups is 1. The maximum absolute atomic E-state index is 14.8. The highest BCUT2D eigenvalue weighted by Crippen LogP contribution is 2.26. The van der Waals surface area contributed by atoms with Gasteiger partial charge in [-0.2, -0.15) is 0 Å². The predicted molar refractivity (Wildman–Crippen MR) is 330 cm³/mol. The number of unbranched alkanes of at least 4 members (excludes halogenated alkanes) is 2. The van der Waals surface area contributed by atoms with Gasteiger partial charge in [0.2, 0.25) is 35.4 Å². The SMILES string of the molecule is CCC=CCCC=CCC.CCCC[C@H](NC(C)=O)C(=O)N[C@H]1CCC(=O)CCC(=O)NC[C@@H](C(=O)C[C@@H](Cc2c[nH]c3ccccc23)C(N)=O)CC(=O)[C@H](CCCN=C(N)N)CC(=O)[C@@H](Cc2ccccc2)NC(=O)[C@H](Cc2cnc[nH]2)NC1=O. The van der Waals surface area contributed by atoms with Gasteiger partial charge in [0.25, 0.3) is 0 Å². The van der Waals surface area contributed by atoms with Crippen molar-refractivity contribution in [1.82, 2.24) is 41.5 Å². The van der Waals surface area contributed by atoms with E-state index in [0.717, 1.165) is 29.3 Å². The molecule has 3 heterocycles. The van der Waals surface area contributed by atoms with Crippen LogP contribution in [0.25, 0.3) is 10.9 Å². The Morgan fingerprint density at radius 1 is 0.779 bits per heavy atom. The zero-order valence-corrected chi connectivity index (χ0v) is 50.3. The monoisotopic (exact) mass is 1190 g/mol. The van der Waals surface area contributed by atoms with Gasteiger partial charge >= 0.3 is 0 Å². The Kier molecular flexibility index (Phi) is 31.2. The van der Waals surface area contributed by atoms with E-state index in [1.165, 1.54) is 32.3 Å². The van der Waals surface area contributed by atoms with Gasteiger partial charge in [0, 0.05) is 112 Å². The minimum atomic E-state index is -1.42. The second-order valence-corrected chi connectivity index (χ2v) is 21.8. The highest BCUT2D eigenvalue weighted by molar-refractivity contribution is 5.98. The van der Waals surface area contributed by atoms with Crippen molar-refractivity contribution in [1.29, 1.82) is 0 Å². The number of rotatable bonds is 25. The number of hydrogen-bond acceptors (Lipinski definition) is 12. The number of benzene rings is 2. The zero-order valence-electron chi connectivity index (χ0n) is 50.3. The number of imidazole rings is 1. The molecule has 7 atom stereocenters. The largest absolute Gasteiger partial charge is 0.370 e. The van der Waals surface area contributed by atoms with Crippen LogP contribution >= 0.6 is 0 Å². The number of carbonyl (C=O) groups excluding carboxylic acids is 10. The van der Waals surface area contributed by atoms with Crippen LogP contribution in [0.5, 0.6) is 0 Å². The minimum absolute atomic E-state index is 0.0355. The van der Waals surface area contributed by atoms with Gasteiger partial charge in [-0.05, 0) is 81.4 Å². The first kappa shape index (κ1) is 69.9. The molecule has 86 heavy (non-hydrogen) atoms. The molecule has 6 amide bonds. The van der Waals surface area contributed by atoms with Crippen LogP contribution in [0, 0.1) is 17.8 Å². The number of nitrogens with zero attached hydrogens (tertiary/aromatic N) is 2. The predicted octanol–water partition coefficient (Wildman–Crippen LogP) is 5.29. The summed E-state index contributed by atoms with van der Waals surface area (Å²) < 4.78 is 0. The van der Waals surface area contributed by atoms with E-state index < -0.39 is 113 Å². The van der Waals surface area contributed by atoms with Crippen molar-refractivity contribution in [2.24, 2.45) is 39.9 Å². The second-order valence-electron chi connectivity index (χ2n) is 21.8. The average molecular weight is 1190 g/mol. The zero-order chi connectivity index (χ0) is 62.8. The molecule has 1 fully saturated rings. The number of allylic oxidation sites excluding steroid dienone is 4. The molecule has 2 aromatic carbocycles. The summed E-state index contributed by atoms with van der Waals surface area (Å²) in [5.41, 5.74) is 19.7. The Bertz CT molecular complexity index is 2920. The van der Waals surface area contributed by atoms with Gasteiger partial charge in [0.1, 0.15) is 35.5 Å². The van der Waals surface area contributed by atoms with Gasteiger partial charge in [-0.25, -0.2) is 4.98 Å². The fraction of sp³-hybridized carbons (Fsp3) is 0.500. The quantitative estimate of drug-likeness (QED) is 0.0175. The normalized spacial score (nSPS) is 19.5. The summed E-state index contributed by atoms with van der Waals surface area (Å²) in [6.45, 7) is 7.22. The lowest BCUT2D eigenvalue weighted by atomic mass is 9.82. The Morgan fingerprint density at radius 2 is 1.48 bits per heavy atom. The topological polar surface area (TPSA) is 366 Å². The Labute approximate surface area is 504 Å². The molecule has 22 heteroatoms. The number of Topliss-reactive ketones (excluding diaryl/α,β-unsaturated/α-hetero) is 4. The number of aromatic nitrogens is 3. The molecule has 5 rings (SSSR count). The number of aromatic amines is 2. The number of H-pyrrole nitrogens is 2. The molecule has 0 unspecified atom stereocenters. The summed E-state index contributed by atoms with van der Waals surface area (Å²) in [4.78, 5) is 153. The molecule has 466 valence electrons. The third-order valence-electron chi connectivity index (χ3n) is 14.8. The summed E-state index contributed by atoms with van der Waals surface area (Å²) in [7, 11) is 0. The fourth-order valence-electron chi connectivity index (χ4n) is 9.97. The average Bonchev–Trinajstić information content (AvgIpc) is 3.72. The Morgan fingerprint density at radius 3 is 2.13 bits per heavy atom. The third-order valence-corrected chi connectivity index (χ3v) is 14.8. The highest BCUT2D eigenvalue weighted by Gasteiger charge is 2.36. The first-order chi connectivity index (χ1) is 41.3. The van der Waals surface area contributed by atoms with Crippen LogP contribution in [0.3, 0.4) is 0 Å². The molecule has 0 aliphatic carbocycles. The van der Waals surface area contributed by atoms with Gasteiger partial charge in [0.15, 0.2) is 11.7 Å². The summed E-state index contributed by atoms with van der Waals surface area (Å²) >= 11 is 0. The lowest BCUT2D eigenvalue weighted by molar-refractivity contribution is -0.135. The first-order valence-electron chi connectivity index (χ1n) is 30.1. The summed E-state index contributed by atoms with van der Waals surface area (Å²) in [5.74, 6) is -9.75. The van der Waals surface area contributed by atoms with E-state index in [1.807, 2.05) is 31.2 Å². The highest BCUT2D eigenvalue weighted by atomic mass is 16.2. The molecule has 0 radical (unpaired) electrons. The van der Waals surface area contributed by atoms with Crippen LogP contribution in [0.4, 0.5) is 0 Å². The van der Waals surface area contributed by atoms with Crippen LogP contribution in [0.1, 0.15) is 147 Å². The van der Waals surface area contributed by atoms with Gasteiger partial charge in [-0.15, -0.1) is 0 Å². The number of primary amides is 1. The lowest BCUT2D eigenvalue weighted by Crippen LogP contribution is -2.58. The van der Waals surface area contributed by atoms with Gasteiger partial charge in [-0.3, -0.25) is 52.9 Å². The number of nitrogens with two attached hydrogens (primary N) is 3. The molecule has 4 aromatic rings. The van der Waals surface area contributed by atoms with Crippen LogP contribution in [0.2, 0.25) is 0 Å². The van der Waals surface area contributed by atoms with Crippen LogP contribution in [-0.2, 0) is 67.2 Å². The van der Waals surface area contributed by atoms with E-state index in [4.69, 9.17) is 17.2 Å². The van der Waals surface area contributed by atoms with Crippen molar-refractivity contribution in [3.05, 3.63) is 114 Å². The number of hydrogen-bond donors (Lipinski definition) is 10. The van der Waals surface area contributed by atoms with Crippen LogP contribution in [0.15, 0.2) is 103 Å². The fourth-order valence-corrected chi connectivity index (χ4v) is 9.97. The van der Waals surface area contributed by atoms with E-state index in [9.17, 15) is 47.9 Å². The second kappa shape index (κ2) is 38.4. The molecule has 1 aliphatic heterocycles. The van der Waals surface area contributed by atoms with Crippen LogP contribution in [-0.4, -0.2) is 117 Å². The van der Waals surface area contributed by atoms with Crippen molar-refractivity contribution in [3.63, 3.8) is 0 Å². The van der Waals surface area contributed by atoms with Crippen molar-refractivity contribution in [2.45, 2.75) is 174 Å². The van der Waals surface area contributed by atoms with Crippen molar-refractivity contribution >= 4 is 75.4 Å². The number of amides is 6. The maximum atomic E-state index is 14.8. The van der Waals surface area contributed by atoms with E-state index in [2.05, 4.69) is 84.7 Å². The molecule has 2 aromatic heterocycles. The molecule has 0 spiro atoms. The number of fused-ring (bicyclic) bond motifs is 1. The minimum Gasteiger partial charge on any atom is -0.370 e. The number of carbonyl (C=O) groups is 10. The molecule has 0 bridgehead atoms. The molecule has 13 N–H and O–H groups in total. The molecule has 1 saturated heterocycles. The van der Waals surface area contributed by atoms with E-state index in [1.54, 1.807) is 36.5 Å². The van der Waals surface area contributed by atoms with Gasteiger partial charge < -0.3 is 53.8 Å². The third kappa shape index (κ3) is 25.7. The Hall–Kier alpha value is -8.56. The number of nitrogens with one attached hydrogen (secondary N) is 7. The van der Waals surface area contributed by atoms with Gasteiger partial charge in [-0.1, -0.05) is 106 Å². The molecular weight excluding hydrogens is 1100 g/mol.